The molecule has 18 aromatic carbocycles. The smallest absolute Gasteiger partial charge is 0.456 e. The molecule has 712 valence electrons. The quantitative estimate of drug-likeness (QED) is 0.0700. The first kappa shape index (κ1) is 99.1. The third-order valence-corrected chi connectivity index (χ3v) is 26.7. The molecule has 8 heterocycles. The Bertz CT molecular complexity index is 8300. The molecule has 0 radical (unpaired) electrons. The number of pyridine rings is 2. The van der Waals surface area contributed by atoms with Gasteiger partial charge in [0.1, 0.15) is 11.2 Å². The van der Waals surface area contributed by atoms with Gasteiger partial charge in [-0.15, -0.1) is 107 Å². The van der Waals surface area contributed by atoms with Crippen LogP contribution in [0.5, 0.6) is 0 Å². The van der Waals surface area contributed by atoms with Crippen molar-refractivity contribution in [2.45, 2.75) is 27.7 Å². The second-order valence-electron chi connectivity index (χ2n) is 35.1. The molecular formula is C134H96N10ORh2S. The van der Waals surface area contributed by atoms with E-state index in [2.05, 4.69) is 363 Å². The van der Waals surface area contributed by atoms with Gasteiger partial charge in [-0.1, -0.05) is 285 Å². The molecule has 11 nitrogen and oxygen atoms in total. The number of aryl methyl sites for hydroxylation is 2. The van der Waals surface area contributed by atoms with Crippen molar-refractivity contribution < 1.29 is 43.4 Å². The van der Waals surface area contributed by atoms with Gasteiger partial charge in [-0.25, -0.2) is 0 Å². The van der Waals surface area contributed by atoms with E-state index >= 15 is 0 Å². The Morgan fingerprint density at radius 1 is 0.236 bits per heavy atom. The Balaban J connectivity index is 0.000000111. The summed E-state index contributed by atoms with van der Waals surface area (Å²) < 4.78 is 16.3. The molecule has 0 bridgehead atoms. The van der Waals surface area contributed by atoms with E-state index in [1.165, 1.54) is 98.1 Å². The van der Waals surface area contributed by atoms with Gasteiger partial charge in [-0.05, 0) is 193 Å². The number of nitrogens with zero attached hydrogens (tertiary/aromatic N) is 10. The first-order valence-electron chi connectivity index (χ1n) is 48.5. The molecule has 0 fully saturated rings. The van der Waals surface area contributed by atoms with Crippen molar-refractivity contribution in [2.24, 2.45) is 0 Å². The van der Waals surface area contributed by atoms with E-state index in [1.54, 1.807) is 0 Å². The molecule has 0 aliphatic rings. The van der Waals surface area contributed by atoms with Gasteiger partial charge in [0.15, 0.2) is 0 Å². The Morgan fingerprint density at radius 2 is 0.541 bits per heavy atom. The van der Waals surface area contributed by atoms with E-state index in [-0.39, 0.29) is 39.0 Å². The van der Waals surface area contributed by atoms with Gasteiger partial charge in [0.2, 0.25) is 0 Å². The molecule has 0 aliphatic carbocycles. The van der Waals surface area contributed by atoms with Gasteiger partial charge >= 0.3 is 39.0 Å². The van der Waals surface area contributed by atoms with Crippen molar-refractivity contribution in [1.29, 1.82) is 0 Å². The Kier molecular flexibility index (Phi) is 31.7. The standard InChI is InChI=1S/2C23H19N2.C23H14NO.C23H14NS.2C21H15N2.2Rh/c2*1-17-23(18(2)25(24-17)22-11-7-4-8-12-22)21-15-13-20(14-16-21)19-9-5-3-6-10-19;2*1-2-6-16(7-3-1)21-14-18(12-13-24-21)17-10-11-20-19-8-4-5-9-22(19)25-23(20)15-17;2*1-3-7-17(8-4-1)18-11-13-19(14-12-18)20-15-22-23(16-20)21-9-5-2-6-10-21;;/h2*3-11,13-16H,1-2H3;2*1-6,8-15H;2*1-9,11-16H;;/q6*-1;2*+3. The second kappa shape index (κ2) is 47.3. The Hall–Kier alpha value is -17.6. The number of para-hydroxylation sites is 5. The molecule has 0 unspecified atom stereocenters. The van der Waals surface area contributed by atoms with Crippen LogP contribution in [0.3, 0.4) is 0 Å². The van der Waals surface area contributed by atoms with Crippen LogP contribution in [-0.4, -0.2) is 49.1 Å². The summed E-state index contributed by atoms with van der Waals surface area (Å²) in [5, 5.41) is 23.3. The van der Waals surface area contributed by atoms with Gasteiger partial charge in [-0.3, -0.25) is 18.7 Å². The van der Waals surface area contributed by atoms with Crippen molar-refractivity contribution >= 4 is 53.4 Å². The maximum Gasteiger partial charge on any atom is 3.00 e. The topological polar surface area (TPSA) is 110 Å². The van der Waals surface area contributed by atoms with E-state index in [0.29, 0.717) is 0 Å². The fraction of sp³-hybridized carbons (Fsp3) is 0.0299. The summed E-state index contributed by atoms with van der Waals surface area (Å²) in [6.07, 6.45) is 11.6. The van der Waals surface area contributed by atoms with E-state index < -0.39 is 0 Å². The number of fused-ring (bicyclic) bond motifs is 6. The fourth-order valence-electron chi connectivity index (χ4n) is 18.2. The zero-order chi connectivity index (χ0) is 98.7. The number of aromatic nitrogens is 10. The summed E-state index contributed by atoms with van der Waals surface area (Å²) in [6, 6.07) is 181. The summed E-state index contributed by atoms with van der Waals surface area (Å²) in [5.41, 5.74) is 37.6. The monoisotopic (exact) mass is 2100 g/mol. The molecular weight excluding hydrogens is 2000 g/mol. The minimum atomic E-state index is 0. The van der Waals surface area contributed by atoms with E-state index in [0.717, 1.165) is 123 Å². The third-order valence-electron chi connectivity index (χ3n) is 25.6. The summed E-state index contributed by atoms with van der Waals surface area (Å²) in [5.74, 6) is 0. The van der Waals surface area contributed by atoms with Crippen LogP contribution in [0.1, 0.15) is 22.8 Å². The van der Waals surface area contributed by atoms with Crippen LogP contribution in [-0.2, 0) is 39.0 Å². The molecule has 0 saturated heterocycles. The first-order chi connectivity index (χ1) is 72.0. The minimum absolute atomic E-state index is 0. The molecule has 8 aromatic heterocycles. The molecule has 148 heavy (non-hydrogen) atoms. The first-order valence-corrected chi connectivity index (χ1v) is 49.3. The number of furan rings is 1. The summed E-state index contributed by atoms with van der Waals surface area (Å²) >= 11 is 1.85. The molecule has 0 amide bonds. The molecule has 14 heteroatoms. The number of benzene rings is 18. The molecule has 0 saturated carbocycles. The second-order valence-corrected chi connectivity index (χ2v) is 36.1. The maximum atomic E-state index is 6.01. The van der Waals surface area contributed by atoms with Crippen LogP contribution in [0, 0.1) is 64.1 Å². The molecule has 0 N–H and O–H groups in total. The summed E-state index contributed by atoms with van der Waals surface area (Å²) in [4.78, 5) is 8.98. The van der Waals surface area contributed by atoms with Crippen LogP contribution in [0.25, 0.3) is 199 Å². The van der Waals surface area contributed by atoms with Gasteiger partial charge in [-0.2, -0.15) is 117 Å². The number of hydrogen-bond donors (Lipinski definition) is 0. The number of thiophene rings is 1. The largest absolute Gasteiger partial charge is 3.00 e. The predicted molar refractivity (Wildman–Crippen MR) is 600 cm³/mol. The molecule has 0 aliphatic heterocycles. The van der Waals surface area contributed by atoms with Crippen molar-refractivity contribution in [3.8, 4) is 157 Å². The van der Waals surface area contributed by atoms with Crippen LogP contribution < -0.4 is 0 Å². The average molecular weight is 2100 g/mol. The van der Waals surface area contributed by atoms with E-state index in [1.807, 2.05) is 261 Å². The molecule has 26 rings (SSSR count). The van der Waals surface area contributed by atoms with Gasteiger partial charge in [0.25, 0.3) is 0 Å². The Labute approximate surface area is 892 Å². The van der Waals surface area contributed by atoms with Crippen molar-refractivity contribution in [3.05, 3.63) is 570 Å². The van der Waals surface area contributed by atoms with Crippen LogP contribution in [0.4, 0.5) is 0 Å². The van der Waals surface area contributed by atoms with E-state index in [9.17, 15) is 0 Å². The SMILES string of the molecule is Cc1nn(-c2[c-]cccc2)c(C)c1-c1ccc(-c2ccccc2)cc1.Cc1nn(-c2[c-]cccc2)c(C)c1-c1ccc(-c2ccccc2)cc1.[Rh+3].[Rh+3].[c-]1ccccc1-c1cc(-c2ccc3c(c2)oc2ccccc23)ccn1.[c-]1ccccc1-c1cc(-c2ccc3c(c2)sc2ccccc23)ccn1.[c-]1ccccc1-n1cc(-c2ccc(-c3ccccc3)cc2)cn1.[c-]1ccccc1-n1cc(-c2ccc(-c3ccccc3)cc2)cn1. The third kappa shape index (κ3) is 23.1. The molecule has 0 atom stereocenters. The van der Waals surface area contributed by atoms with E-state index in [4.69, 9.17) is 14.6 Å². The number of rotatable bonds is 16. The molecule has 26 aromatic rings. The number of hydrogen-bond acceptors (Lipinski definition) is 8. The summed E-state index contributed by atoms with van der Waals surface area (Å²) in [7, 11) is 0. The van der Waals surface area contributed by atoms with Crippen LogP contribution in [0.15, 0.2) is 515 Å². The summed E-state index contributed by atoms with van der Waals surface area (Å²) in [6.45, 7) is 8.35. The maximum absolute atomic E-state index is 6.01. The van der Waals surface area contributed by atoms with Gasteiger partial charge in [0, 0.05) is 89.4 Å². The molecule has 0 spiro atoms. The minimum Gasteiger partial charge on any atom is -0.456 e. The zero-order valence-electron chi connectivity index (χ0n) is 81.5. The van der Waals surface area contributed by atoms with Gasteiger partial charge < -0.3 is 14.4 Å². The van der Waals surface area contributed by atoms with Crippen molar-refractivity contribution in [1.82, 2.24) is 49.1 Å². The zero-order valence-corrected chi connectivity index (χ0v) is 85.5. The van der Waals surface area contributed by atoms with Crippen LogP contribution >= 0.6 is 11.3 Å². The Morgan fingerprint density at radius 3 is 0.932 bits per heavy atom. The van der Waals surface area contributed by atoms with Crippen molar-refractivity contribution in [3.63, 3.8) is 0 Å². The normalized spacial score (nSPS) is 10.7. The average Bonchev–Trinajstić information content (AvgIpc) is 1.63. The van der Waals surface area contributed by atoms with Crippen LogP contribution in [0.2, 0.25) is 0 Å². The predicted octanol–water partition coefficient (Wildman–Crippen LogP) is 34.0. The van der Waals surface area contributed by atoms with Gasteiger partial charge in [0.05, 0.1) is 23.8 Å². The van der Waals surface area contributed by atoms with Crippen molar-refractivity contribution in [2.75, 3.05) is 0 Å². The fourth-order valence-corrected chi connectivity index (χ4v) is 19.3.